The fourth-order valence-electron chi connectivity index (χ4n) is 2.69. The minimum Gasteiger partial charge on any atom is -0.355 e. The number of benzene rings is 1. The number of carbonyl (C=O) groups excluding carboxylic acids is 2. The molecule has 3 N–H and O–H groups in total. The molecule has 1 aromatic carbocycles. The summed E-state index contributed by atoms with van der Waals surface area (Å²) in [5.74, 6) is -2.43. The number of hydrogen-bond acceptors (Lipinski definition) is 3. The van der Waals surface area contributed by atoms with Gasteiger partial charge in [0.15, 0.2) is 11.6 Å². The molecule has 2 rings (SSSR count). The Balaban J connectivity index is 0.00000288. The van der Waals surface area contributed by atoms with Gasteiger partial charge in [0.1, 0.15) is 0 Å². The molecular formula is C16H22ClF2N3O2. The molecule has 0 spiro atoms. The van der Waals surface area contributed by atoms with E-state index in [1.807, 2.05) is 0 Å². The van der Waals surface area contributed by atoms with E-state index in [-0.39, 0.29) is 36.6 Å². The van der Waals surface area contributed by atoms with E-state index >= 15 is 0 Å². The molecule has 1 aliphatic rings. The van der Waals surface area contributed by atoms with E-state index in [2.05, 4.69) is 5.32 Å². The lowest BCUT2D eigenvalue weighted by atomic mass is 9.96. The fourth-order valence-corrected chi connectivity index (χ4v) is 2.69. The number of nitrogens with zero attached hydrogens (tertiary/aromatic N) is 1. The molecule has 2 amide bonds. The van der Waals surface area contributed by atoms with Crippen LogP contribution in [0.5, 0.6) is 0 Å². The number of nitrogens with one attached hydrogen (secondary N) is 1. The highest BCUT2D eigenvalue weighted by Crippen LogP contribution is 2.18. The van der Waals surface area contributed by atoms with Crippen molar-refractivity contribution in [3.05, 3.63) is 35.4 Å². The maximum atomic E-state index is 13.2. The summed E-state index contributed by atoms with van der Waals surface area (Å²) in [5, 5.41) is 2.73. The SMILES string of the molecule is Cl.NCCNC(=O)C1CCCN(C(=O)Cc2ccc(F)c(F)c2)C1. The summed E-state index contributed by atoms with van der Waals surface area (Å²) >= 11 is 0. The predicted octanol–water partition coefficient (Wildman–Crippen LogP) is 1.24. The number of hydrogen-bond donors (Lipinski definition) is 2. The van der Waals surface area contributed by atoms with Gasteiger partial charge in [-0.25, -0.2) is 8.78 Å². The van der Waals surface area contributed by atoms with Crippen LogP contribution in [0.25, 0.3) is 0 Å². The van der Waals surface area contributed by atoms with Gasteiger partial charge in [0.25, 0.3) is 0 Å². The van der Waals surface area contributed by atoms with Gasteiger partial charge >= 0.3 is 0 Å². The Bertz CT molecular complexity index is 586. The van der Waals surface area contributed by atoms with Crippen molar-refractivity contribution in [1.82, 2.24) is 10.2 Å². The Kier molecular flexibility index (Phi) is 8.07. The van der Waals surface area contributed by atoms with E-state index in [9.17, 15) is 18.4 Å². The first-order valence-corrected chi connectivity index (χ1v) is 7.70. The molecule has 1 aromatic rings. The molecule has 5 nitrogen and oxygen atoms in total. The number of carbonyl (C=O) groups is 2. The molecule has 1 unspecified atom stereocenters. The summed E-state index contributed by atoms with van der Waals surface area (Å²) in [6.07, 6.45) is 1.46. The maximum absolute atomic E-state index is 13.2. The zero-order chi connectivity index (χ0) is 16.8. The first kappa shape index (κ1) is 20.3. The molecule has 8 heteroatoms. The highest BCUT2D eigenvalue weighted by molar-refractivity contribution is 5.85. The Morgan fingerprint density at radius 1 is 1.29 bits per heavy atom. The second-order valence-corrected chi connectivity index (χ2v) is 5.68. The summed E-state index contributed by atoms with van der Waals surface area (Å²) in [5.41, 5.74) is 5.77. The van der Waals surface area contributed by atoms with Gasteiger partial charge in [0, 0.05) is 26.2 Å². The number of likely N-dealkylation sites (tertiary alicyclic amines) is 1. The van der Waals surface area contributed by atoms with Gasteiger partial charge in [0.2, 0.25) is 11.8 Å². The number of rotatable bonds is 5. The second kappa shape index (κ2) is 9.54. The molecule has 134 valence electrons. The number of halogens is 3. The molecule has 0 saturated carbocycles. The van der Waals surface area contributed by atoms with Crippen molar-refractivity contribution in [2.75, 3.05) is 26.2 Å². The third-order valence-electron chi connectivity index (χ3n) is 3.93. The lowest BCUT2D eigenvalue weighted by Crippen LogP contribution is -2.46. The summed E-state index contributed by atoms with van der Waals surface area (Å²) in [4.78, 5) is 25.9. The summed E-state index contributed by atoms with van der Waals surface area (Å²) in [6.45, 7) is 1.71. The molecule has 24 heavy (non-hydrogen) atoms. The molecule has 0 aromatic heterocycles. The standard InChI is InChI=1S/C16H21F2N3O2.ClH/c17-13-4-3-11(8-14(13)18)9-15(22)21-7-1-2-12(10-21)16(23)20-6-5-19;/h3-4,8,12H,1-2,5-7,9-10,19H2,(H,20,23);1H. The van der Waals surface area contributed by atoms with Crippen molar-refractivity contribution >= 4 is 24.2 Å². The van der Waals surface area contributed by atoms with Gasteiger partial charge in [-0.2, -0.15) is 0 Å². The van der Waals surface area contributed by atoms with Crippen LogP contribution < -0.4 is 11.1 Å². The third kappa shape index (κ3) is 5.42. The second-order valence-electron chi connectivity index (χ2n) is 5.68. The van der Waals surface area contributed by atoms with Crippen molar-refractivity contribution in [3.8, 4) is 0 Å². The topological polar surface area (TPSA) is 75.4 Å². The lowest BCUT2D eigenvalue weighted by molar-refractivity contribution is -0.135. The van der Waals surface area contributed by atoms with E-state index < -0.39 is 11.6 Å². The van der Waals surface area contributed by atoms with Crippen LogP contribution in [-0.4, -0.2) is 42.9 Å². The van der Waals surface area contributed by atoms with Crippen LogP contribution in [-0.2, 0) is 16.0 Å². The molecule has 0 radical (unpaired) electrons. The minimum atomic E-state index is -0.965. The van der Waals surface area contributed by atoms with E-state index in [0.717, 1.165) is 25.0 Å². The van der Waals surface area contributed by atoms with Crippen molar-refractivity contribution < 1.29 is 18.4 Å². The lowest BCUT2D eigenvalue weighted by Gasteiger charge is -2.32. The maximum Gasteiger partial charge on any atom is 0.227 e. The van der Waals surface area contributed by atoms with Gasteiger partial charge in [-0.3, -0.25) is 9.59 Å². The fraction of sp³-hybridized carbons (Fsp3) is 0.500. The van der Waals surface area contributed by atoms with E-state index in [4.69, 9.17) is 5.73 Å². The van der Waals surface area contributed by atoms with E-state index in [1.54, 1.807) is 4.90 Å². The molecule has 1 fully saturated rings. The Labute approximate surface area is 146 Å². The quantitative estimate of drug-likeness (QED) is 0.828. The van der Waals surface area contributed by atoms with Gasteiger partial charge in [0.05, 0.1) is 12.3 Å². The Morgan fingerprint density at radius 2 is 2.04 bits per heavy atom. The summed E-state index contributed by atoms with van der Waals surface area (Å²) < 4.78 is 26.1. The first-order valence-electron chi connectivity index (χ1n) is 7.70. The Hall–Kier alpha value is -1.73. The van der Waals surface area contributed by atoms with Crippen molar-refractivity contribution in [3.63, 3.8) is 0 Å². The number of nitrogens with two attached hydrogens (primary N) is 1. The van der Waals surface area contributed by atoms with Crippen molar-refractivity contribution in [2.45, 2.75) is 19.3 Å². The molecule has 1 atom stereocenters. The average Bonchev–Trinajstić information content (AvgIpc) is 2.56. The van der Waals surface area contributed by atoms with E-state index in [1.165, 1.54) is 6.07 Å². The third-order valence-corrected chi connectivity index (χ3v) is 3.93. The monoisotopic (exact) mass is 361 g/mol. The molecule has 1 heterocycles. The summed E-state index contributed by atoms with van der Waals surface area (Å²) in [6, 6.07) is 3.44. The number of piperidine rings is 1. The molecule has 0 bridgehead atoms. The average molecular weight is 362 g/mol. The van der Waals surface area contributed by atoms with Gasteiger partial charge in [-0.05, 0) is 30.5 Å². The zero-order valence-corrected chi connectivity index (χ0v) is 14.1. The van der Waals surface area contributed by atoms with Gasteiger partial charge in [-0.1, -0.05) is 6.07 Å². The van der Waals surface area contributed by atoms with E-state index in [0.29, 0.717) is 31.7 Å². The largest absolute Gasteiger partial charge is 0.355 e. The normalized spacial score (nSPS) is 17.1. The Morgan fingerprint density at radius 3 is 2.71 bits per heavy atom. The molecular weight excluding hydrogens is 340 g/mol. The van der Waals surface area contributed by atoms with Gasteiger partial charge in [-0.15, -0.1) is 12.4 Å². The first-order chi connectivity index (χ1) is 11.0. The van der Waals surface area contributed by atoms with Gasteiger partial charge < -0.3 is 16.0 Å². The van der Waals surface area contributed by atoms with Crippen LogP contribution in [0.15, 0.2) is 18.2 Å². The molecule has 1 aliphatic heterocycles. The van der Waals surface area contributed by atoms with Crippen molar-refractivity contribution in [1.29, 1.82) is 0 Å². The minimum absolute atomic E-state index is 0. The van der Waals surface area contributed by atoms with Crippen LogP contribution >= 0.6 is 12.4 Å². The molecule has 0 aliphatic carbocycles. The van der Waals surface area contributed by atoms with Crippen LogP contribution in [0, 0.1) is 17.6 Å². The van der Waals surface area contributed by atoms with Crippen LogP contribution in [0.2, 0.25) is 0 Å². The highest BCUT2D eigenvalue weighted by atomic mass is 35.5. The van der Waals surface area contributed by atoms with Crippen molar-refractivity contribution in [2.24, 2.45) is 11.7 Å². The molecule has 1 saturated heterocycles. The predicted molar refractivity (Wildman–Crippen MR) is 88.7 cm³/mol. The van der Waals surface area contributed by atoms with Crippen LogP contribution in [0.3, 0.4) is 0 Å². The smallest absolute Gasteiger partial charge is 0.227 e. The van der Waals surface area contributed by atoms with Crippen LogP contribution in [0.1, 0.15) is 18.4 Å². The van der Waals surface area contributed by atoms with Crippen LogP contribution in [0.4, 0.5) is 8.78 Å². The number of amides is 2. The zero-order valence-electron chi connectivity index (χ0n) is 13.3. The highest BCUT2D eigenvalue weighted by Gasteiger charge is 2.28. The summed E-state index contributed by atoms with van der Waals surface area (Å²) in [7, 11) is 0.